The number of hydrogen-bond acceptors (Lipinski definition) is 4. The van der Waals surface area contributed by atoms with Gasteiger partial charge < -0.3 is 10.2 Å². The molecule has 0 aromatic heterocycles. The van der Waals surface area contributed by atoms with Gasteiger partial charge in [-0.1, -0.05) is 24.3 Å². The fourth-order valence-electron chi connectivity index (χ4n) is 4.13. The number of hydrogen-bond donors (Lipinski definition) is 2. The van der Waals surface area contributed by atoms with Crippen molar-refractivity contribution in [2.24, 2.45) is 0 Å². The van der Waals surface area contributed by atoms with Crippen LogP contribution in [0.2, 0.25) is 0 Å². The molecule has 7 nitrogen and oxygen atoms in total. The predicted octanol–water partition coefficient (Wildman–Crippen LogP) is 2.05. The normalized spacial score (nSPS) is 21.4. The second-order valence-corrected chi connectivity index (χ2v) is 9.57. The third kappa shape index (κ3) is 3.65. The molecule has 2 atom stereocenters. The topological polar surface area (TPSA) is 95.6 Å². The minimum atomic E-state index is -3.43. The molecule has 1 saturated heterocycles. The summed E-state index contributed by atoms with van der Waals surface area (Å²) in [5.41, 5.74) is 5.12. The fraction of sp³-hybridized carbons (Fsp3) is 0.333. The molecule has 0 unspecified atom stereocenters. The molecule has 4 rings (SSSR count). The van der Waals surface area contributed by atoms with Gasteiger partial charge in [0.15, 0.2) is 0 Å². The highest BCUT2D eigenvalue weighted by atomic mass is 32.2. The summed E-state index contributed by atoms with van der Waals surface area (Å²) in [4.78, 5) is 27.4. The van der Waals surface area contributed by atoms with Gasteiger partial charge in [-0.3, -0.25) is 9.59 Å². The number of nitrogens with one attached hydrogen (secondary N) is 2. The second kappa shape index (κ2) is 6.96. The van der Waals surface area contributed by atoms with E-state index in [1.165, 1.54) is 4.90 Å². The van der Waals surface area contributed by atoms with Crippen molar-refractivity contribution >= 4 is 27.5 Å². The molecule has 0 spiro atoms. The van der Waals surface area contributed by atoms with Crippen LogP contribution in [0, 0.1) is 13.8 Å². The molecule has 0 radical (unpaired) electrons. The standard InChI is InChI=1S/C21H23N3O4S/c1-12-5-4-6-16(13(12)2)14-7-8-18-17(9-14)21(26)24-11-15(23-29(3,27)28)10-19(24)20(25)22-18/h4-9,15,19,23H,10-11H2,1-3H3,(H,22,25)/t15-,19-/m0/s1. The minimum Gasteiger partial charge on any atom is -0.325 e. The smallest absolute Gasteiger partial charge is 0.256 e. The van der Waals surface area contributed by atoms with Gasteiger partial charge in [0, 0.05) is 12.6 Å². The van der Waals surface area contributed by atoms with E-state index in [-0.39, 0.29) is 24.8 Å². The van der Waals surface area contributed by atoms with Crippen LogP contribution < -0.4 is 10.0 Å². The predicted molar refractivity (Wildman–Crippen MR) is 111 cm³/mol. The SMILES string of the molecule is Cc1cccc(-c2ccc3c(c2)C(=O)N2C[C@@H](NS(C)(=O)=O)C[C@H]2C(=O)N3)c1C. The van der Waals surface area contributed by atoms with Gasteiger partial charge in [0.25, 0.3) is 5.91 Å². The number of anilines is 1. The first-order chi connectivity index (χ1) is 13.6. The summed E-state index contributed by atoms with van der Waals surface area (Å²) in [6, 6.07) is 10.3. The van der Waals surface area contributed by atoms with Crippen LogP contribution >= 0.6 is 0 Å². The van der Waals surface area contributed by atoms with Gasteiger partial charge in [-0.25, -0.2) is 13.1 Å². The first-order valence-corrected chi connectivity index (χ1v) is 11.3. The van der Waals surface area contributed by atoms with Gasteiger partial charge in [-0.2, -0.15) is 0 Å². The summed E-state index contributed by atoms with van der Waals surface area (Å²) in [6.07, 6.45) is 1.33. The number of amides is 2. The van der Waals surface area contributed by atoms with Crippen LogP contribution in [-0.2, 0) is 14.8 Å². The number of aryl methyl sites for hydroxylation is 1. The van der Waals surface area contributed by atoms with Gasteiger partial charge in [-0.05, 0) is 54.7 Å². The summed E-state index contributed by atoms with van der Waals surface area (Å²) >= 11 is 0. The second-order valence-electron chi connectivity index (χ2n) is 7.79. The molecule has 2 amide bonds. The molecular weight excluding hydrogens is 390 g/mol. The van der Waals surface area contributed by atoms with E-state index >= 15 is 0 Å². The molecule has 0 saturated carbocycles. The lowest BCUT2D eigenvalue weighted by Crippen LogP contribution is -2.41. The molecule has 29 heavy (non-hydrogen) atoms. The number of carbonyl (C=O) groups is 2. The van der Waals surface area contributed by atoms with Crippen molar-refractivity contribution in [3.63, 3.8) is 0 Å². The average molecular weight is 413 g/mol. The van der Waals surface area contributed by atoms with Crippen molar-refractivity contribution in [1.29, 1.82) is 0 Å². The zero-order valence-electron chi connectivity index (χ0n) is 16.5. The summed E-state index contributed by atoms with van der Waals surface area (Å²) < 4.78 is 25.6. The molecule has 0 bridgehead atoms. The minimum absolute atomic E-state index is 0.164. The Hall–Kier alpha value is -2.71. The molecule has 152 valence electrons. The van der Waals surface area contributed by atoms with Crippen LogP contribution in [0.3, 0.4) is 0 Å². The molecule has 2 heterocycles. The molecule has 2 N–H and O–H groups in total. The van der Waals surface area contributed by atoms with E-state index in [2.05, 4.69) is 10.0 Å². The van der Waals surface area contributed by atoms with Crippen molar-refractivity contribution in [3.05, 3.63) is 53.1 Å². The molecule has 2 aromatic rings. The molecule has 2 aromatic carbocycles. The quantitative estimate of drug-likeness (QED) is 0.805. The van der Waals surface area contributed by atoms with Gasteiger partial charge in [0.05, 0.1) is 17.5 Å². The largest absolute Gasteiger partial charge is 0.325 e. The summed E-state index contributed by atoms with van der Waals surface area (Å²) in [7, 11) is -3.43. The number of rotatable bonds is 3. The number of benzene rings is 2. The Morgan fingerprint density at radius 2 is 1.86 bits per heavy atom. The Bertz CT molecular complexity index is 1130. The fourth-order valence-corrected chi connectivity index (χ4v) is 4.91. The van der Waals surface area contributed by atoms with Crippen molar-refractivity contribution in [3.8, 4) is 11.1 Å². The molecule has 2 aliphatic rings. The van der Waals surface area contributed by atoms with Gasteiger partial charge in [0.1, 0.15) is 6.04 Å². The van der Waals surface area contributed by atoms with Crippen molar-refractivity contribution in [2.45, 2.75) is 32.4 Å². The average Bonchev–Trinajstić information content (AvgIpc) is 3.02. The zero-order valence-corrected chi connectivity index (χ0v) is 17.3. The van der Waals surface area contributed by atoms with E-state index in [4.69, 9.17) is 0 Å². The van der Waals surface area contributed by atoms with E-state index in [1.807, 2.05) is 38.1 Å². The van der Waals surface area contributed by atoms with Crippen LogP contribution in [0.15, 0.2) is 36.4 Å². The molecular formula is C21H23N3O4S. The van der Waals surface area contributed by atoms with Crippen LogP contribution in [0.5, 0.6) is 0 Å². The highest BCUT2D eigenvalue weighted by molar-refractivity contribution is 7.88. The number of sulfonamides is 1. The van der Waals surface area contributed by atoms with E-state index in [0.29, 0.717) is 11.3 Å². The van der Waals surface area contributed by atoms with Crippen LogP contribution in [0.1, 0.15) is 27.9 Å². The van der Waals surface area contributed by atoms with Crippen molar-refractivity contribution in [2.75, 3.05) is 18.1 Å². The van der Waals surface area contributed by atoms with E-state index < -0.39 is 22.1 Å². The Kier molecular flexibility index (Phi) is 4.71. The Balaban J connectivity index is 1.72. The Labute approximate surface area is 170 Å². The monoisotopic (exact) mass is 413 g/mol. The summed E-state index contributed by atoms with van der Waals surface area (Å²) in [6.45, 7) is 4.24. The number of carbonyl (C=O) groups excluding carboxylic acids is 2. The zero-order chi connectivity index (χ0) is 20.9. The lowest BCUT2D eigenvalue weighted by molar-refractivity contribution is -0.119. The molecule has 8 heteroatoms. The van der Waals surface area contributed by atoms with Crippen molar-refractivity contribution < 1.29 is 18.0 Å². The van der Waals surface area contributed by atoms with E-state index in [9.17, 15) is 18.0 Å². The highest BCUT2D eigenvalue weighted by Crippen LogP contribution is 2.33. The summed E-state index contributed by atoms with van der Waals surface area (Å²) in [5, 5.41) is 2.83. The maximum Gasteiger partial charge on any atom is 0.256 e. The van der Waals surface area contributed by atoms with Crippen molar-refractivity contribution in [1.82, 2.24) is 9.62 Å². The summed E-state index contributed by atoms with van der Waals surface area (Å²) in [5.74, 6) is -0.567. The third-order valence-corrected chi connectivity index (χ3v) is 6.43. The van der Waals surface area contributed by atoms with Gasteiger partial charge in [0.2, 0.25) is 15.9 Å². The third-order valence-electron chi connectivity index (χ3n) is 5.67. The Morgan fingerprint density at radius 3 is 2.59 bits per heavy atom. The van der Waals surface area contributed by atoms with Crippen LogP contribution in [-0.4, -0.2) is 50.0 Å². The first-order valence-electron chi connectivity index (χ1n) is 9.44. The first kappa shape index (κ1) is 19.6. The van der Waals surface area contributed by atoms with E-state index in [1.54, 1.807) is 12.1 Å². The van der Waals surface area contributed by atoms with Gasteiger partial charge in [-0.15, -0.1) is 0 Å². The van der Waals surface area contributed by atoms with Gasteiger partial charge >= 0.3 is 0 Å². The molecule has 0 aliphatic carbocycles. The number of nitrogens with zero attached hydrogens (tertiary/aromatic N) is 1. The van der Waals surface area contributed by atoms with Crippen LogP contribution in [0.4, 0.5) is 5.69 Å². The maximum atomic E-state index is 13.3. The van der Waals surface area contributed by atoms with Crippen LogP contribution in [0.25, 0.3) is 11.1 Å². The maximum absolute atomic E-state index is 13.3. The molecule has 1 fully saturated rings. The lowest BCUT2D eigenvalue weighted by atomic mass is 9.95. The number of fused-ring (bicyclic) bond motifs is 2. The highest BCUT2D eigenvalue weighted by Gasteiger charge is 2.43. The van der Waals surface area contributed by atoms with E-state index in [0.717, 1.165) is 28.5 Å². The lowest BCUT2D eigenvalue weighted by Gasteiger charge is -2.20. The Morgan fingerprint density at radius 1 is 1.10 bits per heavy atom. The molecule has 2 aliphatic heterocycles.